The molecular weight excluding hydrogens is 440 g/mol. The first kappa shape index (κ1) is 21.2. The quantitative estimate of drug-likeness (QED) is 0.599. The van der Waals surface area contributed by atoms with Crippen LogP contribution in [0.1, 0.15) is 28.8 Å². The van der Waals surface area contributed by atoms with Gasteiger partial charge in [0, 0.05) is 42.9 Å². The number of hydrogen-bond donors (Lipinski definition) is 1. The highest BCUT2D eigenvalue weighted by Crippen LogP contribution is 2.40. The first-order valence-electron chi connectivity index (χ1n) is 10.3. The topological polar surface area (TPSA) is 83.9 Å². The maximum Gasteiger partial charge on any atom is 0.419 e. The van der Waals surface area contributed by atoms with Gasteiger partial charge in [-0.2, -0.15) is 13.2 Å². The summed E-state index contributed by atoms with van der Waals surface area (Å²) in [5, 5.41) is 3.07. The van der Waals surface area contributed by atoms with Crippen LogP contribution in [0.3, 0.4) is 0 Å². The lowest BCUT2D eigenvalue weighted by Gasteiger charge is -2.34. The molecule has 33 heavy (non-hydrogen) atoms. The lowest BCUT2D eigenvalue weighted by Crippen LogP contribution is -2.48. The third-order valence-corrected chi connectivity index (χ3v) is 6.06. The van der Waals surface area contributed by atoms with E-state index in [0.717, 1.165) is 25.2 Å². The van der Waals surface area contributed by atoms with E-state index in [2.05, 4.69) is 25.3 Å². The largest absolute Gasteiger partial charge is 0.419 e. The van der Waals surface area contributed by atoms with Crippen molar-refractivity contribution in [1.82, 2.24) is 24.8 Å². The summed E-state index contributed by atoms with van der Waals surface area (Å²) in [6, 6.07) is 5.12. The van der Waals surface area contributed by atoms with Crippen molar-refractivity contribution in [1.29, 1.82) is 0 Å². The predicted molar refractivity (Wildman–Crippen MR) is 109 cm³/mol. The van der Waals surface area contributed by atoms with Crippen molar-refractivity contribution < 1.29 is 22.4 Å². The Labute approximate surface area is 185 Å². The van der Waals surface area contributed by atoms with E-state index < -0.39 is 17.6 Å². The fourth-order valence-electron chi connectivity index (χ4n) is 4.61. The SMILES string of the molecule is O=C(c1ccc(F)cc1-c1ncccn1)N1CC2CC(Nc3ncc(C(F)(F)F)cn3)C1C2. The van der Waals surface area contributed by atoms with E-state index in [0.29, 0.717) is 17.7 Å². The number of aromatic nitrogens is 4. The highest BCUT2D eigenvalue weighted by atomic mass is 19.4. The monoisotopic (exact) mass is 458 g/mol. The smallest absolute Gasteiger partial charge is 0.349 e. The lowest BCUT2D eigenvalue weighted by atomic mass is 10.0. The van der Waals surface area contributed by atoms with Gasteiger partial charge in [-0.25, -0.2) is 24.3 Å². The van der Waals surface area contributed by atoms with E-state index >= 15 is 0 Å². The van der Waals surface area contributed by atoms with Crippen LogP contribution in [0.2, 0.25) is 0 Å². The Morgan fingerprint density at radius 2 is 1.79 bits per heavy atom. The molecule has 0 radical (unpaired) electrons. The van der Waals surface area contributed by atoms with Gasteiger partial charge in [-0.1, -0.05) is 0 Å². The molecule has 11 heteroatoms. The predicted octanol–water partition coefficient (Wildman–Crippen LogP) is 3.81. The number of fused-ring (bicyclic) bond motifs is 2. The van der Waals surface area contributed by atoms with Crippen LogP contribution in [0.25, 0.3) is 11.4 Å². The van der Waals surface area contributed by atoms with Crippen LogP contribution in [0.5, 0.6) is 0 Å². The van der Waals surface area contributed by atoms with Crippen molar-refractivity contribution in [2.75, 3.05) is 11.9 Å². The number of halogens is 4. The maximum atomic E-state index is 14.0. The van der Waals surface area contributed by atoms with Crippen LogP contribution in [0.4, 0.5) is 23.5 Å². The van der Waals surface area contributed by atoms with Crippen molar-refractivity contribution in [3.05, 3.63) is 66.0 Å². The van der Waals surface area contributed by atoms with E-state index in [9.17, 15) is 22.4 Å². The number of amides is 1. The van der Waals surface area contributed by atoms with Gasteiger partial charge in [0.25, 0.3) is 5.91 Å². The molecule has 1 aromatic carbocycles. The van der Waals surface area contributed by atoms with Crippen LogP contribution in [-0.4, -0.2) is 49.4 Å². The van der Waals surface area contributed by atoms with Gasteiger partial charge in [-0.3, -0.25) is 4.79 Å². The van der Waals surface area contributed by atoms with Crippen LogP contribution >= 0.6 is 0 Å². The average Bonchev–Trinajstić information content (AvgIpc) is 3.40. The number of carbonyl (C=O) groups is 1. The van der Waals surface area contributed by atoms with Crippen molar-refractivity contribution >= 4 is 11.9 Å². The normalized spacial score (nSPS) is 21.9. The third-order valence-electron chi connectivity index (χ3n) is 6.06. The second-order valence-corrected chi connectivity index (χ2v) is 8.17. The number of rotatable bonds is 4. The summed E-state index contributed by atoms with van der Waals surface area (Å²) < 4.78 is 52.2. The van der Waals surface area contributed by atoms with Gasteiger partial charge < -0.3 is 10.2 Å². The van der Waals surface area contributed by atoms with Gasteiger partial charge in [-0.15, -0.1) is 0 Å². The minimum Gasteiger partial charge on any atom is -0.349 e. The Morgan fingerprint density at radius 1 is 1.06 bits per heavy atom. The van der Waals surface area contributed by atoms with Crippen molar-refractivity contribution in [3.8, 4) is 11.4 Å². The first-order valence-corrected chi connectivity index (χ1v) is 10.3. The Bertz CT molecular complexity index is 1170. The molecule has 3 unspecified atom stereocenters. The number of nitrogens with one attached hydrogen (secondary N) is 1. The van der Waals surface area contributed by atoms with Crippen molar-refractivity contribution in [2.45, 2.75) is 31.1 Å². The molecule has 2 aliphatic rings. The molecule has 1 saturated carbocycles. The van der Waals surface area contributed by atoms with Crippen LogP contribution in [-0.2, 0) is 6.18 Å². The molecular formula is C22H18F4N6O. The number of anilines is 1. The number of likely N-dealkylation sites (tertiary alicyclic amines) is 1. The first-order chi connectivity index (χ1) is 15.8. The van der Waals surface area contributed by atoms with Gasteiger partial charge in [0.15, 0.2) is 5.82 Å². The Balaban J connectivity index is 1.37. The number of alkyl halides is 3. The number of nitrogens with zero attached hydrogens (tertiary/aromatic N) is 5. The molecule has 1 aliphatic carbocycles. The fraction of sp³-hybridized carbons (Fsp3) is 0.318. The molecule has 1 N–H and O–H groups in total. The highest BCUT2D eigenvalue weighted by Gasteiger charge is 2.47. The Hall–Kier alpha value is -3.63. The summed E-state index contributed by atoms with van der Waals surface area (Å²) in [6.07, 6.45) is 1.49. The number of hydrogen-bond acceptors (Lipinski definition) is 6. The van der Waals surface area contributed by atoms with Gasteiger partial charge in [0.1, 0.15) is 5.82 Å². The zero-order valence-corrected chi connectivity index (χ0v) is 17.1. The third kappa shape index (κ3) is 4.10. The summed E-state index contributed by atoms with van der Waals surface area (Å²) in [5.41, 5.74) is -0.330. The van der Waals surface area contributed by atoms with Crippen LogP contribution in [0, 0.1) is 11.7 Å². The maximum absolute atomic E-state index is 14.0. The standard InChI is InChI=1S/C22H18F4N6O/c23-14-2-3-15(16(8-14)19-27-4-1-5-28-19)20(33)32-11-12-6-17(18(32)7-12)31-21-29-9-13(10-30-21)22(24,25)26/h1-5,8-10,12,17-18H,6-7,11H2,(H,29,30,31). The molecule has 2 fully saturated rings. The molecule has 1 amide bonds. The number of benzene rings is 1. The Morgan fingerprint density at radius 3 is 2.45 bits per heavy atom. The molecule has 170 valence electrons. The van der Waals surface area contributed by atoms with E-state index in [-0.39, 0.29) is 35.7 Å². The average molecular weight is 458 g/mol. The van der Waals surface area contributed by atoms with E-state index in [1.807, 2.05) is 0 Å². The fourth-order valence-corrected chi connectivity index (χ4v) is 4.61. The van der Waals surface area contributed by atoms with Gasteiger partial charge >= 0.3 is 6.18 Å². The zero-order valence-electron chi connectivity index (χ0n) is 17.1. The zero-order chi connectivity index (χ0) is 23.2. The molecule has 1 aliphatic heterocycles. The van der Waals surface area contributed by atoms with E-state index in [4.69, 9.17) is 0 Å². The Kier molecular flexibility index (Phi) is 5.18. The molecule has 3 heterocycles. The van der Waals surface area contributed by atoms with Gasteiger partial charge in [0.05, 0.1) is 17.2 Å². The molecule has 2 bridgehead atoms. The minimum atomic E-state index is -4.51. The summed E-state index contributed by atoms with van der Waals surface area (Å²) >= 11 is 0. The van der Waals surface area contributed by atoms with Crippen LogP contribution < -0.4 is 5.32 Å². The van der Waals surface area contributed by atoms with Gasteiger partial charge in [0.2, 0.25) is 5.95 Å². The molecule has 7 nitrogen and oxygen atoms in total. The van der Waals surface area contributed by atoms with E-state index in [1.54, 1.807) is 11.0 Å². The molecule has 0 spiro atoms. The minimum absolute atomic E-state index is 0.0769. The molecule has 1 saturated heterocycles. The van der Waals surface area contributed by atoms with Crippen molar-refractivity contribution in [3.63, 3.8) is 0 Å². The van der Waals surface area contributed by atoms with Gasteiger partial charge in [-0.05, 0) is 43.0 Å². The number of piperidine rings is 1. The summed E-state index contributed by atoms with van der Waals surface area (Å²) in [4.78, 5) is 31.0. The van der Waals surface area contributed by atoms with Crippen LogP contribution in [0.15, 0.2) is 49.1 Å². The molecule has 3 atom stereocenters. The summed E-state index contributed by atoms with van der Waals surface area (Å²) in [5.74, 6) is -0.214. The molecule has 5 rings (SSSR count). The second-order valence-electron chi connectivity index (χ2n) is 8.17. The van der Waals surface area contributed by atoms with Crippen molar-refractivity contribution in [2.24, 2.45) is 5.92 Å². The summed E-state index contributed by atoms with van der Waals surface area (Å²) in [7, 11) is 0. The molecule has 3 aromatic rings. The summed E-state index contributed by atoms with van der Waals surface area (Å²) in [6.45, 7) is 0.544. The van der Waals surface area contributed by atoms with E-state index in [1.165, 1.54) is 30.6 Å². The second kappa shape index (κ2) is 8.05. The highest BCUT2D eigenvalue weighted by molar-refractivity contribution is 6.00. The lowest BCUT2D eigenvalue weighted by molar-refractivity contribution is -0.138. The molecule has 2 aromatic heterocycles. The number of carbonyl (C=O) groups excluding carboxylic acids is 1.